The highest BCUT2D eigenvalue weighted by Gasteiger charge is 2.27. The van der Waals surface area contributed by atoms with Gasteiger partial charge in [-0.3, -0.25) is 9.58 Å². The quantitative estimate of drug-likeness (QED) is 0.868. The Morgan fingerprint density at radius 1 is 1.36 bits per heavy atom. The highest BCUT2D eigenvalue weighted by atomic mass is 16.5. The Morgan fingerprint density at radius 3 is 2.91 bits per heavy atom. The van der Waals surface area contributed by atoms with Crippen LogP contribution in [0, 0.1) is 0 Å². The first kappa shape index (κ1) is 14.9. The van der Waals surface area contributed by atoms with Crippen molar-refractivity contribution in [1.82, 2.24) is 19.7 Å². The number of hydrogen-bond donors (Lipinski definition) is 0. The van der Waals surface area contributed by atoms with Crippen LogP contribution in [0.1, 0.15) is 24.4 Å². The topological polar surface area (TPSA) is 43.2 Å². The SMILES string of the molecule is CC(=Cc1ccccc1)CN1CCOCC1c1ncnn1C. The first-order valence-corrected chi connectivity index (χ1v) is 7.62. The lowest BCUT2D eigenvalue weighted by atomic mass is 10.1. The van der Waals surface area contributed by atoms with Crippen molar-refractivity contribution in [1.29, 1.82) is 0 Å². The van der Waals surface area contributed by atoms with E-state index >= 15 is 0 Å². The fourth-order valence-corrected chi connectivity index (χ4v) is 2.87. The largest absolute Gasteiger partial charge is 0.378 e. The number of nitrogens with zero attached hydrogens (tertiary/aromatic N) is 4. The van der Waals surface area contributed by atoms with Crippen LogP contribution in [0.4, 0.5) is 0 Å². The molecular weight excluding hydrogens is 276 g/mol. The Bertz CT molecular complexity index is 635. The third-order valence-electron chi connectivity index (χ3n) is 3.95. The fraction of sp³-hybridized carbons (Fsp3) is 0.412. The van der Waals surface area contributed by atoms with Crippen molar-refractivity contribution in [2.75, 3.05) is 26.3 Å². The average Bonchev–Trinajstić information content (AvgIpc) is 2.95. The molecule has 3 rings (SSSR count). The van der Waals surface area contributed by atoms with E-state index in [0.717, 1.165) is 25.5 Å². The number of benzene rings is 1. The summed E-state index contributed by atoms with van der Waals surface area (Å²) in [6.45, 7) is 5.45. The van der Waals surface area contributed by atoms with E-state index in [9.17, 15) is 0 Å². The van der Waals surface area contributed by atoms with E-state index < -0.39 is 0 Å². The van der Waals surface area contributed by atoms with E-state index in [-0.39, 0.29) is 6.04 Å². The van der Waals surface area contributed by atoms with Gasteiger partial charge in [0.15, 0.2) is 0 Å². The van der Waals surface area contributed by atoms with Crippen LogP contribution in [0.5, 0.6) is 0 Å². The van der Waals surface area contributed by atoms with Gasteiger partial charge in [-0.25, -0.2) is 4.98 Å². The third-order valence-corrected chi connectivity index (χ3v) is 3.95. The molecule has 1 aliphatic heterocycles. The number of aromatic nitrogens is 3. The van der Waals surface area contributed by atoms with Gasteiger partial charge in [0.2, 0.25) is 0 Å². The molecule has 1 atom stereocenters. The van der Waals surface area contributed by atoms with Crippen LogP contribution in [-0.2, 0) is 11.8 Å². The number of hydrogen-bond acceptors (Lipinski definition) is 4. The van der Waals surface area contributed by atoms with E-state index in [1.165, 1.54) is 11.1 Å². The smallest absolute Gasteiger partial charge is 0.146 e. The molecule has 5 nitrogen and oxygen atoms in total. The van der Waals surface area contributed by atoms with Crippen LogP contribution in [0.3, 0.4) is 0 Å². The second-order valence-corrected chi connectivity index (χ2v) is 5.70. The summed E-state index contributed by atoms with van der Waals surface area (Å²) in [6, 6.07) is 10.6. The summed E-state index contributed by atoms with van der Waals surface area (Å²) in [6.07, 6.45) is 3.85. The van der Waals surface area contributed by atoms with Gasteiger partial charge in [0.25, 0.3) is 0 Å². The molecule has 0 spiro atoms. The summed E-state index contributed by atoms with van der Waals surface area (Å²) >= 11 is 0. The van der Waals surface area contributed by atoms with Crippen LogP contribution >= 0.6 is 0 Å². The van der Waals surface area contributed by atoms with Crippen LogP contribution in [0.25, 0.3) is 6.08 Å². The van der Waals surface area contributed by atoms with E-state index in [1.54, 1.807) is 6.33 Å². The van der Waals surface area contributed by atoms with Gasteiger partial charge in [0.1, 0.15) is 12.2 Å². The maximum absolute atomic E-state index is 5.65. The maximum atomic E-state index is 5.65. The monoisotopic (exact) mass is 298 g/mol. The number of aryl methyl sites for hydroxylation is 1. The second-order valence-electron chi connectivity index (χ2n) is 5.70. The van der Waals surface area contributed by atoms with Crippen LogP contribution in [0.2, 0.25) is 0 Å². The number of rotatable bonds is 4. The summed E-state index contributed by atoms with van der Waals surface area (Å²) in [4.78, 5) is 6.81. The van der Waals surface area contributed by atoms with Crippen molar-refractivity contribution < 1.29 is 4.74 Å². The first-order valence-electron chi connectivity index (χ1n) is 7.62. The molecule has 0 radical (unpaired) electrons. The molecule has 1 fully saturated rings. The number of morpholine rings is 1. The van der Waals surface area contributed by atoms with E-state index in [0.29, 0.717) is 6.61 Å². The highest BCUT2D eigenvalue weighted by Crippen LogP contribution is 2.23. The molecule has 0 bridgehead atoms. The van der Waals surface area contributed by atoms with Crippen molar-refractivity contribution in [2.45, 2.75) is 13.0 Å². The Morgan fingerprint density at radius 2 is 2.18 bits per heavy atom. The highest BCUT2D eigenvalue weighted by molar-refractivity contribution is 5.52. The van der Waals surface area contributed by atoms with Crippen molar-refractivity contribution in [3.63, 3.8) is 0 Å². The van der Waals surface area contributed by atoms with Crippen LogP contribution < -0.4 is 0 Å². The number of ether oxygens (including phenoxy) is 1. The van der Waals surface area contributed by atoms with E-state index in [2.05, 4.69) is 52.2 Å². The summed E-state index contributed by atoms with van der Waals surface area (Å²) in [5, 5.41) is 4.18. The van der Waals surface area contributed by atoms with Crippen molar-refractivity contribution in [3.05, 3.63) is 53.6 Å². The summed E-state index contributed by atoms with van der Waals surface area (Å²) in [7, 11) is 1.93. The molecule has 0 aliphatic carbocycles. The molecule has 2 heterocycles. The van der Waals surface area contributed by atoms with Crippen molar-refractivity contribution in [2.24, 2.45) is 7.05 Å². The molecule has 2 aromatic rings. The zero-order chi connectivity index (χ0) is 15.4. The van der Waals surface area contributed by atoms with Crippen LogP contribution in [0.15, 0.2) is 42.2 Å². The average molecular weight is 298 g/mol. The van der Waals surface area contributed by atoms with Gasteiger partial charge in [-0.1, -0.05) is 42.0 Å². The van der Waals surface area contributed by atoms with Gasteiger partial charge < -0.3 is 4.74 Å². The second kappa shape index (κ2) is 6.85. The van der Waals surface area contributed by atoms with Crippen molar-refractivity contribution >= 4 is 6.08 Å². The van der Waals surface area contributed by atoms with E-state index in [4.69, 9.17) is 4.74 Å². The normalized spacial score (nSPS) is 20.3. The molecule has 1 unspecified atom stereocenters. The maximum Gasteiger partial charge on any atom is 0.146 e. The summed E-state index contributed by atoms with van der Waals surface area (Å²) < 4.78 is 7.48. The Labute approximate surface area is 131 Å². The van der Waals surface area contributed by atoms with E-state index in [1.807, 2.05) is 17.8 Å². The standard InChI is InChI=1S/C17H22N4O/c1-14(10-15-6-4-3-5-7-15)11-21-8-9-22-12-16(21)17-18-13-19-20(17)2/h3-7,10,13,16H,8-9,11-12H2,1-2H3. The molecule has 116 valence electrons. The zero-order valence-electron chi connectivity index (χ0n) is 13.1. The van der Waals surface area contributed by atoms with Crippen molar-refractivity contribution in [3.8, 4) is 0 Å². The predicted molar refractivity (Wildman–Crippen MR) is 86.2 cm³/mol. The van der Waals surface area contributed by atoms with Gasteiger partial charge in [0.05, 0.1) is 19.3 Å². The molecule has 22 heavy (non-hydrogen) atoms. The molecule has 0 N–H and O–H groups in total. The lowest BCUT2D eigenvalue weighted by Gasteiger charge is -2.35. The van der Waals surface area contributed by atoms with Crippen LogP contribution in [-0.4, -0.2) is 46.0 Å². The minimum absolute atomic E-state index is 0.167. The minimum atomic E-state index is 0.167. The van der Waals surface area contributed by atoms with Gasteiger partial charge in [0, 0.05) is 20.1 Å². The molecule has 1 aliphatic rings. The zero-order valence-corrected chi connectivity index (χ0v) is 13.1. The third kappa shape index (κ3) is 3.43. The Kier molecular flexibility index (Phi) is 4.65. The molecular formula is C17H22N4O. The lowest BCUT2D eigenvalue weighted by Crippen LogP contribution is -2.41. The molecule has 1 saturated heterocycles. The lowest BCUT2D eigenvalue weighted by molar-refractivity contribution is -0.00815. The van der Waals surface area contributed by atoms with Gasteiger partial charge in [-0.15, -0.1) is 0 Å². The molecule has 5 heteroatoms. The molecule has 1 aromatic carbocycles. The Balaban J connectivity index is 1.74. The minimum Gasteiger partial charge on any atom is -0.378 e. The molecule has 1 aromatic heterocycles. The van der Waals surface area contributed by atoms with Gasteiger partial charge >= 0.3 is 0 Å². The fourth-order valence-electron chi connectivity index (χ4n) is 2.87. The van der Waals surface area contributed by atoms with Gasteiger partial charge in [-0.05, 0) is 12.5 Å². The Hall–Kier alpha value is -1.98. The first-order chi connectivity index (χ1) is 10.7. The summed E-state index contributed by atoms with van der Waals surface area (Å²) in [5.74, 6) is 0.965. The molecule has 0 amide bonds. The molecule has 0 saturated carbocycles. The van der Waals surface area contributed by atoms with Gasteiger partial charge in [-0.2, -0.15) is 5.10 Å². The predicted octanol–water partition coefficient (Wildman–Crippen LogP) is 2.29. The summed E-state index contributed by atoms with van der Waals surface area (Å²) in [5.41, 5.74) is 2.57.